The maximum Gasteiger partial charge on any atom is 0.307 e. The van der Waals surface area contributed by atoms with Crippen molar-refractivity contribution < 1.29 is 9.90 Å². The third-order valence-corrected chi connectivity index (χ3v) is 3.53. The standard InChI is InChI=1S/C17H20O2/c18-17(19)13-16(15-9-5-2-6-10-15)12-11-14-7-3-1-4-8-14/h1,3-4,7-8,11-12H,2,5-6,9-10,13H2,(H,18,19)/b12-11+. The first-order valence-corrected chi connectivity index (χ1v) is 6.91. The fourth-order valence-electron chi connectivity index (χ4n) is 2.53. The number of allylic oxidation sites excluding steroid dienone is 2. The summed E-state index contributed by atoms with van der Waals surface area (Å²) >= 11 is 0. The van der Waals surface area contributed by atoms with E-state index in [1.54, 1.807) is 0 Å². The summed E-state index contributed by atoms with van der Waals surface area (Å²) in [6, 6.07) is 10.0. The Balaban J connectivity index is 2.18. The van der Waals surface area contributed by atoms with Gasteiger partial charge in [0.2, 0.25) is 0 Å². The van der Waals surface area contributed by atoms with E-state index in [2.05, 4.69) is 0 Å². The van der Waals surface area contributed by atoms with E-state index in [4.69, 9.17) is 5.11 Å². The number of aliphatic carboxylic acids is 1. The van der Waals surface area contributed by atoms with Crippen molar-refractivity contribution in [3.05, 3.63) is 53.1 Å². The van der Waals surface area contributed by atoms with Gasteiger partial charge in [-0.25, -0.2) is 0 Å². The highest BCUT2D eigenvalue weighted by Gasteiger charge is 2.11. The average molecular weight is 256 g/mol. The molecule has 2 heteroatoms. The second kappa shape index (κ2) is 6.93. The molecule has 0 spiro atoms. The summed E-state index contributed by atoms with van der Waals surface area (Å²) in [6.07, 6.45) is 9.91. The van der Waals surface area contributed by atoms with Crippen LogP contribution in [0.5, 0.6) is 0 Å². The van der Waals surface area contributed by atoms with Crippen LogP contribution in [0, 0.1) is 0 Å². The Labute approximate surface area is 114 Å². The van der Waals surface area contributed by atoms with Gasteiger partial charge < -0.3 is 5.11 Å². The number of hydrogen-bond acceptors (Lipinski definition) is 1. The van der Waals surface area contributed by atoms with Crippen LogP contribution in [0.15, 0.2) is 47.6 Å². The van der Waals surface area contributed by atoms with Gasteiger partial charge in [-0.15, -0.1) is 0 Å². The molecule has 1 saturated carbocycles. The van der Waals surface area contributed by atoms with Crippen molar-refractivity contribution in [1.29, 1.82) is 0 Å². The Morgan fingerprint density at radius 2 is 1.79 bits per heavy atom. The maximum absolute atomic E-state index is 11.0. The fraction of sp³-hybridized carbons (Fsp3) is 0.353. The van der Waals surface area contributed by atoms with Crippen molar-refractivity contribution in [2.45, 2.75) is 38.5 Å². The number of hydrogen-bond donors (Lipinski definition) is 1. The van der Waals surface area contributed by atoms with E-state index in [0.717, 1.165) is 24.0 Å². The maximum atomic E-state index is 11.0. The Morgan fingerprint density at radius 1 is 1.11 bits per heavy atom. The smallest absolute Gasteiger partial charge is 0.307 e. The van der Waals surface area contributed by atoms with Crippen molar-refractivity contribution in [3.63, 3.8) is 0 Å². The van der Waals surface area contributed by atoms with E-state index in [-0.39, 0.29) is 6.42 Å². The summed E-state index contributed by atoms with van der Waals surface area (Å²) in [5.41, 5.74) is 3.44. The number of carboxylic acid groups (broad SMARTS) is 1. The Morgan fingerprint density at radius 3 is 2.42 bits per heavy atom. The Kier molecular flexibility index (Phi) is 4.96. The van der Waals surface area contributed by atoms with Gasteiger partial charge in [0, 0.05) is 0 Å². The van der Waals surface area contributed by atoms with Gasteiger partial charge in [0.1, 0.15) is 0 Å². The molecule has 1 aliphatic rings. The molecular weight excluding hydrogens is 236 g/mol. The van der Waals surface area contributed by atoms with Crippen LogP contribution in [0.1, 0.15) is 44.1 Å². The zero-order valence-electron chi connectivity index (χ0n) is 11.1. The molecule has 2 nitrogen and oxygen atoms in total. The zero-order chi connectivity index (χ0) is 13.5. The molecule has 100 valence electrons. The largest absolute Gasteiger partial charge is 0.481 e. The lowest BCUT2D eigenvalue weighted by Crippen LogP contribution is -2.02. The predicted molar refractivity (Wildman–Crippen MR) is 77.8 cm³/mol. The molecule has 1 fully saturated rings. The Bertz CT molecular complexity index is 475. The highest BCUT2D eigenvalue weighted by Crippen LogP contribution is 2.28. The van der Waals surface area contributed by atoms with E-state index in [0.29, 0.717) is 0 Å². The minimum Gasteiger partial charge on any atom is -0.481 e. The molecule has 0 bridgehead atoms. The second-order valence-corrected chi connectivity index (χ2v) is 5.00. The van der Waals surface area contributed by atoms with E-state index in [1.807, 2.05) is 42.5 Å². The molecule has 1 aromatic rings. The minimum absolute atomic E-state index is 0.138. The van der Waals surface area contributed by atoms with Gasteiger partial charge in [-0.2, -0.15) is 0 Å². The Hall–Kier alpha value is -1.83. The molecule has 0 saturated heterocycles. The SMILES string of the molecule is O=C(O)CC(/C=C/c1ccccc1)=C1CCCCC1. The topological polar surface area (TPSA) is 37.3 Å². The summed E-state index contributed by atoms with van der Waals surface area (Å²) in [5.74, 6) is -0.745. The monoisotopic (exact) mass is 256 g/mol. The van der Waals surface area contributed by atoms with Crippen LogP contribution in [0.4, 0.5) is 0 Å². The molecule has 0 atom stereocenters. The predicted octanol–water partition coefficient (Wildman–Crippen LogP) is 4.44. The van der Waals surface area contributed by atoms with Crippen LogP contribution in [-0.4, -0.2) is 11.1 Å². The fourth-order valence-corrected chi connectivity index (χ4v) is 2.53. The molecule has 0 aromatic heterocycles. The lowest BCUT2D eigenvalue weighted by Gasteiger charge is -2.16. The lowest BCUT2D eigenvalue weighted by atomic mass is 9.89. The van der Waals surface area contributed by atoms with Crippen molar-refractivity contribution >= 4 is 12.0 Å². The average Bonchev–Trinajstić information content (AvgIpc) is 2.45. The van der Waals surface area contributed by atoms with Crippen LogP contribution in [0.25, 0.3) is 6.08 Å². The molecular formula is C17H20O2. The van der Waals surface area contributed by atoms with Gasteiger partial charge in [0.15, 0.2) is 0 Å². The summed E-state index contributed by atoms with van der Waals surface area (Å²) in [4.78, 5) is 11.0. The van der Waals surface area contributed by atoms with E-state index >= 15 is 0 Å². The number of rotatable bonds is 4. The molecule has 19 heavy (non-hydrogen) atoms. The van der Waals surface area contributed by atoms with Gasteiger partial charge in [-0.1, -0.05) is 54.5 Å². The second-order valence-electron chi connectivity index (χ2n) is 5.00. The lowest BCUT2D eigenvalue weighted by molar-refractivity contribution is -0.136. The van der Waals surface area contributed by atoms with E-state index < -0.39 is 5.97 Å². The van der Waals surface area contributed by atoms with Crippen LogP contribution >= 0.6 is 0 Å². The molecule has 1 N–H and O–H groups in total. The number of benzene rings is 1. The van der Waals surface area contributed by atoms with Gasteiger partial charge in [-0.3, -0.25) is 4.79 Å². The third-order valence-electron chi connectivity index (χ3n) is 3.53. The van der Waals surface area contributed by atoms with Crippen LogP contribution in [0.3, 0.4) is 0 Å². The molecule has 0 aliphatic heterocycles. The molecule has 1 aromatic carbocycles. The van der Waals surface area contributed by atoms with Gasteiger partial charge in [0.25, 0.3) is 0 Å². The zero-order valence-corrected chi connectivity index (χ0v) is 11.1. The third kappa shape index (κ3) is 4.40. The van der Waals surface area contributed by atoms with E-state index in [9.17, 15) is 4.79 Å². The van der Waals surface area contributed by atoms with E-state index in [1.165, 1.54) is 24.8 Å². The van der Waals surface area contributed by atoms with Crippen molar-refractivity contribution in [2.24, 2.45) is 0 Å². The van der Waals surface area contributed by atoms with Crippen LogP contribution in [-0.2, 0) is 4.79 Å². The molecule has 2 rings (SSSR count). The van der Waals surface area contributed by atoms with Crippen LogP contribution in [0.2, 0.25) is 0 Å². The number of carbonyl (C=O) groups is 1. The summed E-state index contributed by atoms with van der Waals surface area (Å²) in [7, 11) is 0. The molecule has 0 radical (unpaired) electrons. The minimum atomic E-state index is -0.745. The van der Waals surface area contributed by atoms with Crippen molar-refractivity contribution in [2.75, 3.05) is 0 Å². The van der Waals surface area contributed by atoms with Crippen LogP contribution < -0.4 is 0 Å². The van der Waals surface area contributed by atoms with Gasteiger partial charge in [-0.05, 0) is 36.8 Å². The highest BCUT2D eigenvalue weighted by atomic mass is 16.4. The summed E-state index contributed by atoms with van der Waals surface area (Å²) in [5, 5.41) is 9.04. The number of carboxylic acids is 1. The van der Waals surface area contributed by atoms with Crippen molar-refractivity contribution in [3.8, 4) is 0 Å². The molecule has 1 aliphatic carbocycles. The summed E-state index contributed by atoms with van der Waals surface area (Å²) < 4.78 is 0. The van der Waals surface area contributed by atoms with Crippen molar-refractivity contribution in [1.82, 2.24) is 0 Å². The van der Waals surface area contributed by atoms with Gasteiger partial charge in [0.05, 0.1) is 6.42 Å². The normalized spacial score (nSPS) is 15.7. The molecule has 0 heterocycles. The first-order chi connectivity index (χ1) is 9.25. The van der Waals surface area contributed by atoms with Gasteiger partial charge >= 0.3 is 5.97 Å². The summed E-state index contributed by atoms with van der Waals surface area (Å²) in [6.45, 7) is 0. The first kappa shape index (κ1) is 13.6. The highest BCUT2D eigenvalue weighted by molar-refractivity contribution is 5.72. The quantitative estimate of drug-likeness (QED) is 0.865. The molecule has 0 unspecified atom stereocenters. The first-order valence-electron chi connectivity index (χ1n) is 6.91. The molecule has 0 amide bonds.